The van der Waals surface area contributed by atoms with Gasteiger partial charge < -0.3 is 10.6 Å². The van der Waals surface area contributed by atoms with Gasteiger partial charge in [-0.2, -0.15) is 0 Å². The molecule has 0 spiro atoms. The molecule has 110 valence electrons. The van der Waals surface area contributed by atoms with Crippen molar-refractivity contribution in [1.82, 2.24) is 0 Å². The summed E-state index contributed by atoms with van der Waals surface area (Å²) in [6.45, 7) is 0.144. The van der Waals surface area contributed by atoms with E-state index in [2.05, 4.69) is 10.6 Å². The van der Waals surface area contributed by atoms with Gasteiger partial charge in [0, 0.05) is 13.6 Å². The van der Waals surface area contributed by atoms with Gasteiger partial charge in [-0.25, -0.2) is 8.78 Å². The molecule has 0 aliphatic carbocycles. The lowest BCUT2D eigenvalue weighted by atomic mass is 10.2. The number of nitrogens with zero attached hydrogens (tertiary/aromatic N) is 1. The molecule has 0 aromatic heterocycles. The molecule has 7 heteroatoms. The number of hydrogen-bond acceptors (Lipinski definition) is 4. The minimum atomic E-state index is -0.951. The van der Waals surface area contributed by atoms with E-state index in [4.69, 9.17) is 0 Å². The van der Waals surface area contributed by atoms with E-state index in [-0.39, 0.29) is 12.2 Å². The first-order valence-electron chi connectivity index (χ1n) is 6.16. The Kier molecular flexibility index (Phi) is 4.32. The van der Waals surface area contributed by atoms with Crippen molar-refractivity contribution in [3.05, 3.63) is 63.7 Å². The molecule has 2 rings (SSSR count). The summed E-state index contributed by atoms with van der Waals surface area (Å²) in [5.41, 5.74) is 1.06. The third-order valence-electron chi connectivity index (χ3n) is 2.95. The Balaban J connectivity index is 2.23. The molecular weight excluding hydrogens is 280 g/mol. The van der Waals surface area contributed by atoms with Crippen molar-refractivity contribution in [2.75, 3.05) is 17.7 Å². The van der Waals surface area contributed by atoms with E-state index < -0.39 is 16.6 Å². The van der Waals surface area contributed by atoms with Crippen molar-refractivity contribution < 1.29 is 13.7 Å². The van der Waals surface area contributed by atoms with Crippen molar-refractivity contribution in [1.29, 1.82) is 0 Å². The maximum atomic E-state index is 13.1. The fraction of sp³-hybridized carbons (Fsp3) is 0.143. The molecule has 2 aromatic rings. The second-order valence-electron chi connectivity index (χ2n) is 4.31. The Morgan fingerprint density at radius 3 is 2.48 bits per heavy atom. The zero-order chi connectivity index (χ0) is 15.4. The van der Waals surface area contributed by atoms with E-state index in [0.29, 0.717) is 16.9 Å². The molecule has 2 N–H and O–H groups in total. The van der Waals surface area contributed by atoms with Crippen LogP contribution in [-0.2, 0) is 6.54 Å². The molecule has 0 atom stereocenters. The van der Waals surface area contributed by atoms with Crippen molar-refractivity contribution in [3.63, 3.8) is 0 Å². The highest BCUT2D eigenvalue weighted by Crippen LogP contribution is 2.32. The number of benzene rings is 2. The van der Waals surface area contributed by atoms with Crippen LogP contribution in [0.15, 0.2) is 36.4 Å². The minimum absolute atomic E-state index is 0.0948. The van der Waals surface area contributed by atoms with Gasteiger partial charge in [0.2, 0.25) is 0 Å². The molecule has 0 amide bonds. The van der Waals surface area contributed by atoms with Gasteiger partial charge in [-0.1, -0.05) is 12.1 Å². The largest absolute Gasteiger partial charge is 0.382 e. The van der Waals surface area contributed by atoms with Gasteiger partial charge in [0.05, 0.1) is 4.92 Å². The number of rotatable bonds is 5. The molecule has 21 heavy (non-hydrogen) atoms. The maximum Gasteiger partial charge on any atom is 0.315 e. The van der Waals surface area contributed by atoms with E-state index in [1.165, 1.54) is 6.07 Å². The number of nitro groups is 1. The van der Waals surface area contributed by atoms with Crippen LogP contribution in [0.3, 0.4) is 0 Å². The average molecular weight is 293 g/mol. The van der Waals surface area contributed by atoms with Crippen LogP contribution < -0.4 is 10.6 Å². The summed E-state index contributed by atoms with van der Waals surface area (Å²) in [6, 6.07) is 8.28. The number of nitro benzene ring substituents is 1. The van der Waals surface area contributed by atoms with Crippen LogP contribution in [0, 0.1) is 21.7 Å². The molecule has 0 aliphatic heterocycles. The van der Waals surface area contributed by atoms with E-state index in [0.717, 1.165) is 12.1 Å². The topological polar surface area (TPSA) is 67.2 Å². The lowest BCUT2D eigenvalue weighted by molar-refractivity contribution is -0.383. The summed E-state index contributed by atoms with van der Waals surface area (Å²) in [7, 11) is 1.58. The van der Waals surface area contributed by atoms with Crippen LogP contribution in [0.4, 0.5) is 25.8 Å². The lowest BCUT2D eigenvalue weighted by Gasteiger charge is -2.10. The summed E-state index contributed by atoms with van der Waals surface area (Å²) in [4.78, 5) is 10.6. The molecule has 0 saturated heterocycles. The van der Waals surface area contributed by atoms with Crippen LogP contribution in [0.2, 0.25) is 0 Å². The molecule has 2 aromatic carbocycles. The van der Waals surface area contributed by atoms with Crippen molar-refractivity contribution in [2.24, 2.45) is 0 Å². The van der Waals surface area contributed by atoms with E-state index >= 15 is 0 Å². The molecule has 0 unspecified atom stereocenters. The van der Waals surface area contributed by atoms with Gasteiger partial charge in [-0.05, 0) is 29.8 Å². The average Bonchev–Trinajstić information content (AvgIpc) is 2.47. The highest BCUT2D eigenvalue weighted by Gasteiger charge is 2.18. The number of hydrogen-bond donors (Lipinski definition) is 2. The summed E-state index contributed by atoms with van der Waals surface area (Å²) in [6.07, 6.45) is 0. The van der Waals surface area contributed by atoms with Gasteiger partial charge in [-0.15, -0.1) is 0 Å². The third-order valence-corrected chi connectivity index (χ3v) is 2.95. The molecule has 0 bridgehead atoms. The molecular formula is C14H13F2N3O2. The molecule has 0 fully saturated rings. The van der Waals surface area contributed by atoms with Crippen molar-refractivity contribution in [2.45, 2.75) is 6.54 Å². The van der Waals surface area contributed by atoms with Gasteiger partial charge in [-0.3, -0.25) is 10.1 Å². The van der Waals surface area contributed by atoms with Gasteiger partial charge in [0.1, 0.15) is 11.4 Å². The van der Waals surface area contributed by atoms with Gasteiger partial charge >= 0.3 is 5.69 Å². The molecule has 5 nitrogen and oxygen atoms in total. The van der Waals surface area contributed by atoms with Crippen LogP contribution in [-0.4, -0.2) is 12.0 Å². The van der Waals surface area contributed by atoms with Crippen molar-refractivity contribution in [3.8, 4) is 0 Å². The number of anilines is 2. The van der Waals surface area contributed by atoms with Crippen molar-refractivity contribution >= 4 is 17.1 Å². The maximum absolute atomic E-state index is 13.1. The quantitative estimate of drug-likeness (QED) is 0.653. The molecule has 0 radical (unpaired) electrons. The fourth-order valence-corrected chi connectivity index (χ4v) is 1.93. The fourth-order valence-electron chi connectivity index (χ4n) is 1.93. The second kappa shape index (κ2) is 6.17. The predicted molar refractivity (Wildman–Crippen MR) is 76.3 cm³/mol. The first-order chi connectivity index (χ1) is 10.0. The van der Waals surface area contributed by atoms with E-state index in [1.807, 2.05) is 0 Å². The van der Waals surface area contributed by atoms with Crippen LogP contribution in [0.25, 0.3) is 0 Å². The highest BCUT2D eigenvalue weighted by atomic mass is 19.2. The van der Waals surface area contributed by atoms with Crippen LogP contribution >= 0.6 is 0 Å². The Morgan fingerprint density at radius 2 is 1.86 bits per heavy atom. The Labute approximate surface area is 119 Å². The highest BCUT2D eigenvalue weighted by molar-refractivity contribution is 5.76. The zero-order valence-corrected chi connectivity index (χ0v) is 11.2. The number of para-hydroxylation sites is 1. The number of halogens is 2. The van der Waals surface area contributed by atoms with Crippen LogP contribution in [0.1, 0.15) is 5.56 Å². The SMILES string of the molecule is CNc1cccc(NCc2ccc(F)c(F)c2)c1[N+](=O)[O-]. The smallest absolute Gasteiger partial charge is 0.315 e. The monoisotopic (exact) mass is 293 g/mol. The predicted octanol–water partition coefficient (Wildman–Crippen LogP) is 3.53. The van der Waals surface area contributed by atoms with E-state index in [1.54, 1.807) is 25.2 Å². The number of nitrogens with one attached hydrogen (secondary N) is 2. The summed E-state index contributed by atoms with van der Waals surface area (Å²) in [5, 5.41) is 16.7. The second-order valence-corrected chi connectivity index (χ2v) is 4.31. The van der Waals surface area contributed by atoms with Gasteiger partial charge in [0.25, 0.3) is 0 Å². The third kappa shape index (κ3) is 3.25. The molecule has 0 saturated carbocycles. The van der Waals surface area contributed by atoms with Gasteiger partial charge in [0.15, 0.2) is 11.6 Å². The zero-order valence-electron chi connectivity index (χ0n) is 11.2. The standard InChI is InChI=1S/C14H13F2N3O2/c1-17-12-3-2-4-13(14(12)19(20)21)18-8-9-5-6-10(15)11(16)7-9/h2-7,17-18H,8H2,1H3. The Bertz CT molecular complexity index is 677. The minimum Gasteiger partial charge on any atom is -0.382 e. The normalized spacial score (nSPS) is 10.2. The Hall–Kier alpha value is -2.70. The molecule has 0 aliphatic rings. The summed E-state index contributed by atoms with van der Waals surface area (Å²) in [5.74, 6) is -1.88. The van der Waals surface area contributed by atoms with Crippen LogP contribution in [0.5, 0.6) is 0 Å². The first-order valence-corrected chi connectivity index (χ1v) is 6.16. The summed E-state index contributed by atoms with van der Waals surface area (Å²) < 4.78 is 25.9. The first kappa shape index (κ1) is 14.7. The Morgan fingerprint density at radius 1 is 1.14 bits per heavy atom. The lowest BCUT2D eigenvalue weighted by Crippen LogP contribution is -2.05. The molecule has 0 heterocycles. The summed E-state index contributed by atoms with van der Waals surface area (Å²) >= 11 is 0. The van der Waals surface area contributed by atoms with E-state index in [9.17, 15) is 18.9 Å².